The zero-order valence-corrected chi connectivity index (χ0v) is 12.2. The van der Waals surface area contributed by atoms with Gasteiger partial charge in [0.1, 0.15) is 0 Å². The van der Waals surface area contributed by atoms with Crippen LogP contribution >= 0.6 is 0 Å². The van der Waals surface area contributed by atoms with Gasteiger partial charge in [0.2, 0.25) is 0 Å². The summed E-state index contributed by atoms with van der Waals surface area (Å²) in [5.41, 5.74) is 1.38. The van der Waals surface area contributed by atoms with Crippen molar-refractivity contribution < 1.29 is 9.21 Å². The van der Waals surface area contributed by atoms with Crippen LogP contribution in [0.1, 0.15) is 35.4 Å². The van der Waals surface area contributed by atoms with Gasteiger partial charge in [-0.3, -0.25) is 4.79 Å². The number of carbonyl (C=O) groups excluding carboxylic acids is 1. The van der Waals surface area contributed by atoms with E-state index in [1.54, 1.807) is 18.4 Å². The number of carbonyl (C=O) groups is 1. The Morgan fingerprint density at radius 3 is 2.81 bits per heavy atom. The summed E-state index contributed by atoms with van der Waals surface area (Å²) >= 11 is 0. The summed E-state index contributed by atoms with van der Waals surface area (Å²) in [7, 11) is 0. The van der Waals surface area contributed by atoms with Gasteiger partial charge in [-0.15, -0.1) is 0 Å². The number of likely N-dealkylation sites (tertiary alicyclic amines) is 1. The van der Waals surface area contributed by atoms with Crippen molar-refractivity contribution in [1.29, 1.82) is 0 Å². The van der Waals surface area contributed by atoms with E-state index in [4.69, 9.17) is 4.42 Å². The number of amides is 1. The first kappa shape index (κ1) is 13.9. The van der Waals surface area contributed by atoms with Crippen molar-refractivity contribution in [2.45, 2.75) is 25.7 Å². The predicted octanol–water partition coefficient (Wildman–Crippen LogP) is 3.76. The van der Waals surface area contributed by atoms with Crippen LogP contribution in [0.3, 0.4) is 0 Å². The Balaban J connectivity index is 1.55. The van der Waals surface area contributed by atoms with Gasteiger partial charge >= 0.3 is 0 Å². The van der Waals surface area contributed by atoms with Gasteiger partial charge in [0.15, 0.2) is 5.76 Å². The molecular formula is C18H21NO2. The van der Waals surface area contributed by atoms with E-state index in [1.165, 1.54) is 12.0 Å². The highest BCUT2D eigenvalue weighted by atomic mass is 16.3. The van der Waals surface area contributed by atoms with E-state index >= 15 is 0 Å². The molecule has 0 saturated carbocycles. The van der Waals surface area contributed by atoms with Crippen LogP contribution in [0.2, 0.25) is 0 Å². The monoisotopic (exact) mass is 283 g/mol. The van der Waals surface area contributed by atoms with Crippen LogP contribution in [0.5, 0.6) is 0 Å². The number of benzene rings is 1. The van der Waals surface area contributed by atoms with Crippen LogP contribution in [0, 0.1) is 5.92 Å². The van der Waals surface area contributed by atoms with E-state index in [9.17, 15) is 4.79 Å². The molecule has 0 N–H and O–H groups in total. The number of piperidine rings is 1. The third-order valence-corrected chi connectivity index (χ3v) is 4.22. The molecule has 0 bridgehead atoms. The van der Waals surface area contributed by atoms with Crippen LogP contribution in [0.4, 0.5) is 0 Å². The highest BCUT2D eigenvalue weighted by Gasteiger charge is 2.25. The summed E-state index contributed by atoms with van der Waals surface area (Å²) in [5, 5.41) is 0. The summed E-state index contributed by atoms with van der Waals surface area (Å²) in [5.74, 6) is 1.08. The highest BCUT2D eigenvalue weighted by molar-refractivity contribution is 5.91. The zero-order valence-electron chi connectivity index (χ0n) is 12.2. The molecule has 1 unspecified atom stereocenters. The van der Waals surface area contributed by atoms with Crippen molar-refractivity contribution in [2.24, 2.45) is 5.92 Å². The van der Waals surface area contributed by atoms with Gasteiger partial charge in [-0.05, 0) is 49.3 Å². The molecule has 2 heterocycles. The molecule has 1 atom stereocenters. The fourth-order valence-electron chi connectivity index (χ4n) is 3.06. The molecule has 1 amide bonds. The van der Waals surface area contributed by atoms with Crippen molar-refractivity contribution in [3.63, 3.8) is 0 Å². The van der Waals surface area contributed by atoms with Gasteiger partial charge in [-0.2, -0.15) is 0 Å². The smallest absolute Gasteiger partial charge is 0.289 e. The van der Waals surface area contributed by atoms with Crippen LogP contribution in [-0.4, -0.2) is 23.9 Å². The molecule has 1 fully saturated rings. The lowest BCUT2D eigenvalue weighted by atomic mass is 9.91. The minimum Gasteiger partial charge on any atom is -0.459 e. The molecule has 0 radical (unpaired) electrons. The van der Waals surface area contributed by atoms with Gasteiger partial charge in [0, 0.05) is 13.1 Å². The molecule has 1 aromatic heterocycles. The quantitative estimate of drug-likeness (QED) is 0.856. The summed E-state index contributed by atoms with van der Waals surface area (Å²) in [6.07, 6.45) is 6.10. The van der Waals surface area contributed by atoms with E-state index in [-0.39, 0.29) is 5.91 Å². The number of hydrogen-bond acceptors (Lipinski definition) is 2. The largest absolute Gasteiger partial charge is 0.459 e. The minimum atomic E-state index is 0.0319. The maximum Gasteiger partial charge on any atom is 0.289 e. The first-order chi connectivity index (χ1) is 10.3. The van der Waals surface area contributed by atoms with Gasteiger partial charge in [0.25, 0.3) is 5.91 Å². The molecule has 2 aromatic rings. The van der Waals surface area contributed by atoms with Crippen molar-refractivity contribution in [3.05, 3.63) is 60.1 Å². The molecule has 1 aliphatic rings. The Bertz CT molecular complexity index is 562. The van der Waals surface area contributed by atoms with Gasteiger partial charge in [-0.1, -0.05) is 30.3 Å². The predicted molar refractivity (Wildman–Crippen MR) is 82.1 cm³/mol. The van der Waals surface area contributed by atoms with E-state index in [1.807, 2.05) is 11.0 Å². The van der Waals surface area contributed by atoms with Crippen molar-refractivity contribution in [2.75, 3.05) is 13.1 Å². The lowest BCUT2D eigenvalue weighted by Crippen LogP contribution is -2.39. The van der Waals surface area contributed by atoms with E-state index in [0.717, 1.165) is 32.4 Å². The fraction of sp³-hybridized carbons (Fsp3) is 0.389. The molecule has 3 rings (SSSR count). The van der Waals surface area contributed by atoms with E-state index < -0.39 is 0 Å². The van der Waals surface area contributed by atoms with E-state index in [2.05, 4.69) is 24.3 Å². The Morgan fingerprint density at radius 1 is 1.19 bits per heavy atom. The summed E-state index contributed by atoms with van der Waals surface area (Å²) in [6, 6.07) is 14.1. The van der Waals surface area contributed by atoms with Gasteiger partial charge < -0.3 is 9.32 Å². The highest BCUT2D eigenvalue weighted by Crippen LogP contribution is 2.23. The lowest BCUT2D eigenvalue weighted by molar-refractivity contribution is 0.0636. The lowest BCUT2D eigenvalue weighted by Gasteiger charge is -2.32. The topological polar surface area (TPSA) is 33.5 Å². The summed E-state index contributed by atoms with van der Waals surface area (Å²) in [4.78, 5) is 14.3. The normalized spacial score (nSPS) is 18.7. The molecule has 21 heavy (non-hydrogen) atoms. The van der Waals surface area contributed by atoms with Gasteiger partial charge in [0.05, 0.1) is 6.26 Å². The molecule has 1 aliphatic heterocycles. The molecule has 3 nitrogen and oxygen atoms in total. The molecular weight excluding hydrogens is 262 g/mol. The second-order valence-corrected chi connectivity index (χ2v) is 5.76. The van der Waals surface area contributed by atoms with Crippen LogP contribution in [0.25, 0.3) is 0 Å². The second-order valence-electron chi connectivity index (χ2n) is 5.76. The third kappa shape index (κ3) is 3.54. The number of furan rings is 1. The number of rotatable bonds is 4. The van der Waals surface area contributed by atoms with Crippen molar-refractivity contribution in [1.82, 2.24) is 4.90 Å². The molecule has 0 aliphatic carbocycles. The third-order valence-electron chi connectivity index (χ3n) is 4.22. The summed E-state index contributed by atoms with van der Waals surface area (Å²) < 4.78 is 5.22. The number of aryl methyl sites for hydroxylation is 1. The van der Waals surface area contributed by atoms with Crippen LogP contribution in [0.15, 0.2) is 53.1 Å². The Hall–Kier alpha value is -2.03. The first-order valence-electron chi connectivity index (χ1n) is 7.69. The molecule has 1 aromatic carbocycles. The average molecular weight is 283 g/mol. The summed E-state index contributed by atoms with van der Waals surface area (Å²) in [6.45, 7) is 1.70. The number of hydrogen-bond donors (Lipinski definition) is 0. The Kier molecular flexibility index (Phi) is 4.39. The SMILES string of the molecule is O=C(c1ccco1)N1CCCC(CCc2ccccc2)C1. The number of nitrogens with zero attached hydrogens (tertiary/aromatic N) is 1. The Morgan fingerprint density at radius 2 is 2.05 bits per heavy atom. The van der Waals surface area contributed by atoms with Gasteiger partial charge in [-0.25, -0.2) is 0 Å². The zero-order chi connectivity index (χ0) is 14.5. The van der Waals surface area contributed by atoms with E-state index in [0.29, 0.717) is 11.7 Å². The van der Waals surface area contributed by atoms with Crippen LogP contribution in [-0.2, 0) is 6.42 Å². The molecule has 0 spiro atoms. The molecule has 1 saturated heterocycles. The standard InChI is InChI=1S/C18H21NO2/c20-18(17-9-5-13-21-17)19-12-4-8-16(14-19)11-10-15-6-2-1-3-7-15/h1-3,5-7,9,13,16H,4,8,10-12,14H2. The second kappa shape index (κ2) is 6.61. The van der Waals surface area contributed by atoms with Crippen molar-refractivity contribution in [3.8, 4) is 0 Å². The first-order valence-corrected chi connectivity index (χ1v) is 7.69. The van der Waals surface area contributed by atoms with Crippen molar-refractivity contribution >= 4 is 5.91 Å². The maximum absolute atomic E-state index is 12.3. The maximum atomic E-state index is 12.3. The Labute approximate surface area is 125 Å². The fourth-order valence-corrected chi connectivity index (χ4v) is 3.06. The molecule has 3 heteroatoms. The minimum absolute atomic E-state index is 0.0319. The average Bonchev–Trinajstić information content (AvgIpc) is 3.08. The molecule has 110 valence electrons. The van der Waals surface area contributed by atoms with Crippen LogP contribution < -0.4 is 0 Å².